The van der Waals surface area contributed by atoms with E-state index in [1.54, 1.807) is 6.20 Å². The van der Waals surface area contributed by atoms with Gasteiger partial charge in [-0.2, -0.15) is 0 Å². The van der Waals surface area contributed by atoms with Gasteiger partial charge in [-0.05, 0) is 61.7 Å². The van der Waals surface area contributed by atoms with Crippen molar-refractivity contribution in [3.05, 3.63) is 66.6 Å². The van der Waals surface area contributed by atoms with Gasteiger partial charge >= 0.3 is 0 Å². The van der Waals surface area contributed by atoms with Crippen molar-refractivity contribution < 1.29 is 4.74 Å². The van der Waals surface area contributed by atoms with E-state index in [2.05, 4.69) is 23.7 Å². The van der Waals surface area contributed by atoms with Crippen molar-refractivity contribution >= 4 is 5.71 Å². The Balaban J connectivity index is 0.00000102. The number of hydrogen-bond acceptors (Lipinski definition) is 2. The molecule has 2 rings (SSSR count). The molecule has 0 bridgehead atoms. The van der Waals surface area contributed by atoms with Crippen LogP contribution in [0.3, 0.4) is 0 Å². The van der Waals surface area contributed by atoms with Crippen LogP contribution in [-0.4, -0.2) is 5.71 Å². The normalized spacial score (nSPS) is 13.0. The molecule has 1 aliphatic carbocycles. The summed E-state index contributed by atoms with van der Waals surface area (Å²) < 4.78 is 5.76. The number of nitrogens with zero attached hydrogens (tertiary/aromatic N) is 1. The molecule has 0 fully saturated rings. The molecule has 0 radical (unpaired) electrons. The van der Waals surface area contributed by atoms with Gasteiger partial charge in [-0.3, -0.25) is 4.99 Å². The molecule has 1 aliphatic rings. The fraction of sp³-hybridized carbons (Fsp3) is 0.350. The van der Waals surface area contributed by atoms with Crippen molar-refractivity contribution in [1.82, 2.24) is 0 Å². The lowest BCUT2D eigenvalue weighted by Crippen LogP contribution is -1.97. The topological polar surface area (TPSA) is 21.6 Å². The summed E-state index contributed by atoms with van der Waals surface area (Å²) in [5, 5.41) is 0. The van der Waals surface area contributed by atoms with Crippen LogP contribution in [0.1, 0.15) is 53.0 Å². The fourth-order valence-corrected chi connectivity index (χ4v) is 1.78. The Labute approximate surface area is 135 Å². The Morgan fingerprint density at radius 1 is 1.09 bits per heavy atom. The van der Waals surface area contributed by atoms with E-state index in [-0.39, 0.29) is 0 Å². The highest BCUT2D eigenvalue weighted by Crippen LogP contribution is 2.18. The van der Waals surface area contributed by atoms with Crippen LogP contribution in [0.2, 0.25) is 0 Å². The predicted molar refractivity (Wildman–Crippen MR) is 98.6 cm³/mol. The largest absolute Gasteiger partial charge is 0.458 e. The van der Waals surface area contributed by atoms with E-state index < -0.39 is 0 Å². The standard InChI is InChI=1S/C16H17NO.2C2H6/c1-3-17-13(2)14-9-11-16(12-10-14)18-15-7-5-4-6-8-15;2*1-2/h3,5,7-12H,1,4,6H2,2H3;2*1-2H3. The molecule has 0 amide bonds. The van der Waals surface area contributed by atoms with Gasteiger partial charge in [0.05, 0.1) is 0 Å². The molecule has 0 N–H and O–H groups in total. The van der Waals surface area contributed by atoms with Gasteiger partial charge in [0.1, 0.15) is 11.5 Å². The van der Waals surface area contributed by atoms with Gasteiger partial charge in [-0.25, -0.2) is 0 Å². The zero-order chi connectivity index (χ0) is 16.8. The Morgan fingerprint density at radius 2 is 1.73 bits per heavy atom. The number of hydrogen-bond donors (Lipinski definition) is 0. The van der Waals surface area contributed by atoms with Crippen LogP contribution in [0.15, 0.2) is 66.0 Å². The zero-order valence-corrected chi connectivity index (χ0v) is 14.6. The summed E-state index contributed by atoms with van der Waals surface area (Å²) in [5.74, 6) is 1.77. The van der Waals surface area contributed by atoms with Gasteiger partial charge < -0.3 is 4.74 Å². The number of aliphatic imine (C=N–C) groups is 1. The number of ether oxygens (including phenoxy) is 1. The summed E-state index contributed by atoms with van der Waals surface area (Å²) in [4.78, 5) is 4.16. The summed E-state index contributed by atoms with van der Waals surface area (Å²) in [7, 11) is 0. The maximum atomic E-state index is 5.76. The molecule has 1 aromatic rings. The maximum absolute atomic E-state index is 5.76. The molecule has 0 atom stereocenters. The van der Waals surface area contributed by atoms with E-state index in [9.17, 15) is 0 Å². The molecule has 1 aromatic carbocycles. The average molecular weight is 299 g/mol. The van der Waals surface area contributed by atoms with E-state index in [0.29, 0.717) is 0 Å². The SMILES string of the molecule is C=CN=C(C)c1ccc(OC2=CCCC=C2)cc1.CC.CC. The van der Waals surface area contributed by atoms with E-state index >= 15 is 0 Å². The Hall–Kier alpha value is -2.09. The molecule has 2 nitrogen and oxygen atoms in total. The van der Waals surface area contributed by atoms with Crippen LogP contribution in [0.5, 0.6) is 5.75 Å². The second-order valence-corrected chi connectivity index (χ2v) is 4.11. The molecule has 0 saturated carbocycles. The highest BCUT2D eigenvalue weighted by Gasteiger charge is 2.02. The van der Waals surface area contributed by atoms with Crippen molar-refractivity contribution in [2.75, 3.05) is 0 Å². The van der Waals surface area contributed by atoms with Crippen LogP contribution >= 0.6 is 0 Å². The first-order valence-electron chi connectivity index (χ1n) is 8.10. The monoisotopic (exact) mass is 299 g/mol. The third-order valence-electron chi connectivity index (χ3n) is 2.75. The molecule has 2 heteroatoms. The molecular formula is C20H29NO. The molecule has 0 aliphatic heterocycles. The molecule has 0 aromatic heterocycles. The van der Waals surface area contributed by atoms with E-state index in [1.165, 1.54) is 0 Å². The van der Waals surface area contributed by atoms with Crippen molar-refractivity contribution in [3.8, 4) is 5.75 Å². The fourth-order valence-electron chi connectivity index (χ4n) is 1.78. The molecule has 22 heavy (non-hydrogen) atoms. The predicted octanol–water partition coefficient (Wildman–Crippen LogP) is 6.30. The highest BCUT2D eigenvalue weighted by atomic mass is 16.5. The maximum Gasteiger partial charge on any atom is 0.127 e. The van der Waals surface area contributed by atoms with Crippen molar-refractivity contribution in [3.63, 3.8) is 0 Å². The zero-order valence-electron chi connectivity index (χ0n) is 14.6. The highest BCUT2D eigenvalue weighted by molar-refractivity contribution is 5.99. The van der Waals surface area contributed by atoms with Crippen LogP contribution in [0.25, 0.3) is 0 Å². The smallest absolute Gasteiger partial charge is 0.127 e. The van der Waals surface area contributed by atoms with Crippen molar-refractivity contribution in [2.24, 2.45) is 4.99 Å². The molecule has 0 unspecified atom stereocenters. The van der Waals surface area contributed by atoms with Gasteiger partial charge in [0.2, 0.25) is 0 Å². The second-order valence-electron chi connectivity index (χ2n) is 4.11. The van der Waals surface area contributed by atoms with Gasteiger partial charge in [-0.1, -0.05) is 40.3 Å². The van der Waals surface area contributed by atoms with Crippen molar-refractivity contribution in [1.29, 1.82) is 0 Å². The molecular weight excluding hydrogens is 270 g/mol. The second kappa shape index (κ2) is 12.6. The third-order valence-corrected chi connectivity index (χ3v) is 2.75. The first kappa shape index (κ1) is 19.9. The quantitative estimate of drug-likeness (QED) is 0.597. The van der Waals surface area contributed by atoms with E-state index in [1.807, 2.05) is 65.0 Å². The Morgan fingerprint density at radius 3 is 2.23 bits per heavy atom. The van der Waals surface area contributed by atoms with Gasteiger partial charge in [-0.15, -0.1) is 0 Å². The van der Waals surface area contributed by atoms with Crippen molar-refractivity contribution in [2.45, 2.75) is 47.5 Å². The van der Waals surface area contributed by atoms with Gasteiger partial charge in [0.15, 0.2) is 0 Å². The van der Waals surface area contributed by atoms with Crippen LogP contribution in [0, 0.1) is 0 Å². The number of rotatable bonds is 4. The first-order chi connectivity index (χ1) is 10.8. The van der Waals surface area contributed by atoms with Crippen LogP contribution < -0.4 is 4.74 Å². The lowest BCUT2D eigenvalue weighted by molar-refractivity contribution is 0.439. The molecule has 0 spiro atoms. The molecule has 0 heterocycles. The van der Waals surface area contributed by atoms with Gasteiger partial charge in [0, 0.05) is 11.9 Å². The minimum absolute atomic E-state index is 0.850. The van der Waals surface area contributed by atoms with E-state index in [0.717, 1.165) is 35.6 Å². The minimum atomic E-state index is 0.850. The molecule has 0 saturated heterocycles. The summed E-state index contributed by atoms with van der Waals surface area (Å²) in [5.41, 5.74) is 2.03. The lowest BCUT2D eigenvalue weighted by Gasteiger charge is -2.09. The third kappa shape index (κ3) is 7.07. The number of benzene rings is 1. The Bertz CT molecular complexity index is 507. The lowest BCUT2D eigenvalue weighted by atomic mass is 10.1. The summed E-state index contributed by atoms with van der Waals surface area (Å²) in [6.07, 6.45) is 9.96. The molecule has 120 valence electrons. The van der Waals surface area contributed by atoms with E-state index in [4.69, 9.17) is 4.74 Å². The number of allylic oxidation sites excluding steroid dienone is 3. The van der Waals surface area contributed by atoms with Crippen LogP contribution in [0.4, 0.5) is 0 Å². The Kier molecular flexibility index (Phi) is 11.4. The average Bonchev–Trinajstić information content (AvgIpc) is 2.60. The first-order valence-corrected chi connectivity index (χ1v) is 8.10. The summed E-state index contributed by atoms with van der Waals surface area (Å²) in [6.45, 7) is 13.6. The minimum Gasteiger partial charge on any atom is -0.458 e. The summed E-state index contributed by atoms with van der Waals surface area (Å²) >= 11 is 0. The van der Waals surface area contributed by atoms with Gasteiger partial charge in [0.25, 0.3) is 0 Å². The van der Waals surface area contributed by atoms with Crippen LogP contribution in [-0.2, 0) is 0 Å². The summed E-state index contributed by atoms with van der Waals surface area (Å²) in [6, 6.07) is 7.93.